The van der Waals surface area contributed by atoms with Gasteiger partial charge in [0.1, 0.15) is 18.3 Å². The largest absolute Gasteiger partial charge is 0.464 e. The van der Waals surface area contributed by atoms with Gasteiger partial charge in [-0.3, -0.25) is 50.0 Å². The van der Waals surface area contributed by atoms with Crippen molar-refractivity contribution in [3.63, 3.8) is 0 Å². The van der Waals surface area contributed by atoms with Crippen molar-refractivity contribution < 1.29 is 48.7 Å². The van der Waals surface area contributed by atoms with Gasteiger partial charge in [0, 0.05) is 34.8 Å². The van der Waals surface area contributed by atoms with Crippen molar-refractivity contribution in [1.82, 2.24) is 0 Å². The van der Waals surface area contributed by atoms with E-state index in [0.29, 0.717) is 24.5 Å². The van der Waals surface area contributed by atoms with Gasteiger partial charge in [0.2, 0.25) is 0 Å². The molecule has 0 heterocycles. The van der Waals surface area contributed by atoms with Gasteiger partial charge < -0.3 is 14.6 Å². The number of Topliss-reactive ketones (excluding diaryl/α,β-unsaturated/α-hetero) is 1. The minimum absolute atomic E-state index is 0.0295. The Morgan fingerprint density at radius 1 is 0.957 bits per heavy atom. The number of esters is 2. The van der Waals surface area contributed by atoms with E-state index in [1.165, 1.54) is 19.9 Å². The standard InChI is InChI=1S/C29H26N4O14/c1-14-22-21(23(34)28(3,37)29(14)4-5-29)12-27(2,13-46-25(35)15-6-17(30(38)39)10-18(7-15)31(40)41)24(22)47-26(36)16-8-19(32(42)43)11-20(9-16)33(44)45/h6,8-12,15,24,37H,4-5,7,13H2,1-3H3/t15?,24-,27+,28+/m1/s1. The quantitative estimate of drug-likeness (QED) is 0.227. The fourth-order valence-electron chi connectivity index (χ4n) is 6.53. The minimum Gasteiger partial charge on any atom is -0.464 e. The van der Waals surface area contributed by atoms with Crippen LogP contribution in [0.4, 0.5) is 11.4 Å². The van der Waals surface area contributed by atoms with Gasteiger partial charge in [-0.15, -0.1) is 0 Å². The summed E-state index contributed by atoms with van der Waals surface area (Å²) in [5, 5.41) is 56.8. The van der Waals surface area contributed by atoms with E-state index in [-0.39, 0.29) is 11.1 Å². The first kappa shape index (κ1) is 32.7. The summed E-state index contributed by atoms with van der Waals surface area (Å²) in [6.45, 7) is 3.83. The average Bonchev–Trinajstić information content (AvgIpc) is 3.78. The fraction of sp³-hybridized carbons (Fsp3) is 0.414. The molecule has 1 spiro atoms. The highest BCUT2D eigenvalue weighted by atomic mass is 16.6. The molecule has 18 nitrogen and oxygen atoms in total. The maximum atomic E-state index is 13.7. The van der Waals surface area contributed by atoms with Crippen LogP contribution >= 0.6 is 0 Å². The molecule has 0 aliphatic heterocycles. The van der Waals surface area contributed by atoms with Gasteiger partial charge in [0.25, 0.3) is 22.8 Å². The van der Waals surface area contributed by atoms with Crippen molar-refractivity contribution in [3.8, 4) is 0 Å². The smallest absolute Gasteiger partial charge is 0.339 e. The molecule has 0 radical (unpaired) electrons. The number of ketones is 1. The zero-order valence-electron chi connectivity index (χ0n) is 25.0. The lowest BCUT2D eigenvalue weighted by atomic mass is 9.67. The zero-order valence-corrected chi connectivity index (χ0v) is 25.0. The number of benzene rings is 1. The van der Waals surface area contributed by atoms with Gasteiger partial charge in [-0.25, -0.2) is 4.79 Å². The topological polar surface area (TPSA) is 262 Å². The summed E-state index contributed by atoms with van der Waals surface area (Å²) in [7, 11) is 0. The highest BCUT2D eigenvalue weighted by molar-refractivity contribution is 6.09. The molecule has 47 heavy (non-hydrogen) atoms. The van der Waals surface area contributed by atoms with E-state index in [9.17, 15) is 59.9 Å². The van der Waals surface area contributed by atoms with Crippen LogP contribution < -0.4 is 0 Å². The Hall–Kier alpha value is -5.65. The molecule has 246 valence electrons. The molecular formula is C29H26N4O14. The van der Waals surface area contributed by atoms with Crippen molar-refractivity contribution in [3.05, 3.63) is 111 Å². The van der Waals surface area contributed by atoms with Crippen molar-refractivity contribution in [2.24, 2.45) is 16.7 Å². The summed E-state index contributed by atoms with van der Waals surface area (Å²) >= 11 is 0. The molecule has 0 bridgehead atoms. The molecule has 18 heteroatoms. The van der Waals surface area contributed by atoms with Crippen LogP contribution in [-0.4, -0.2) is 60.8 Å². The molecule has 0 aromatic heterocycles. The number of hydrogen-bond donors (Lipinski definition) is 1. The number of ether oxygens (including phenoxy) is 2. The summed E-state index contributed by atoms with van der Waals surface area (Å²) in [6.07, 6.45) is 1.90. The Kier molecular flexibility index (Phi) is 7.66. The predicted molar refractivity (Wildman–Crippen MR) is 154 cm³/mol. The normalized spacial score (nSPS) is 27.2. The van der Waals surface area contributed by atoms with E-state index in [1.807, 2.05) is 0 Å². The molecule has 1 aromatic carbocycles. The van der Waals surface area contributed by atoms with E-state index in [4.69, 9.17) is 9.47 Å². The molecule has 1 unspecified atom stereocenters. The Morgan fingerprint density at radius 3 is 2.06 bits per heavy atom. The third-order valence-corrected chi connectivity index (χ3v) is 9.29. The molecule has 1 aromatic rings. The second-order valence-electron chi connectivity index (χ2n) is 12.3. The van der Waals surface area contributed by atoms with E-state index in [1.54, 1.807) is 6.92 Å². The van der Waals surface area contributed by atoms with Crippen LogP contribution in [0, 0.1) is 57.2 Å². The number of carbonyl (C=O) groups excluding carboxylic acids is 3. The summed E-state index contributed by atoms with van der Waals surface area (Å²) in [6, 6.07) is 2.21. The van der Waals surface area contributed by atoms with Crippen molar-refractivity contribution in [1.29, 1.82) is 0 Å². The Balaban J connectivity index is 1.52. The number of allylic oxidation sites excluding steroid dienone is 2. The molecule has 4 atom stereocenters. The number of nitrogens with zero attached hydrogens (tertiary/aromatic N) is 4. The van der Waals surface area contributed by atoms with Crippen LogP contribution in [0.25, 0.3) is 0 Å². The van der Waals surface area contributed by atoms with Crippen molar-refractivity contribution in [2.45, 2.75) is 51.7 Å². The van der Waals surface area contributed by atoms with Gasteiger partial charge in [-0.05, 0) is 33.6 Å². The first-order valence-electron chi connectivity index (χ1n) is 14.1. The predicted octanol–water partition coefficient (Wildman–Crippen LogP) is 3.29. The maximum absolute atomic E-state index is 13.7. The van der Waals surface area contributed by atoms with Crippen LogP contribution in [0.5, 0.6) is 0 Å². The number of carbonyl (C=O) groups is 3. The Bertz CT molecular complexity index is 1800. The third-order valence-electron chi connectivity index (χ3n) is 9.29. The highest BCUT2D eigenvalue weighted by Crippen LogP contribution is 2.66. The van der Waals surface area contributed by atoms with Crippen LogP contribution in [0.2, 0.25) is 0 Å². The van der Waals surface area contributed by atoms with Gasteiger partial charge in [-0.2, -0.15) is 0 Å². The van der Waals surface area contributed by atoms with Crippen LogP contribution in [0.15, 0.2) is 64.5 Å². The molecule has 1 fully saturated rings. The lowest BCUT2D eigenvalue weighted by Gasteiger charge is -2.40. The number of fused-ring (bicyclic) bond motifs is 1. The third kappa shape index (κ3) is 5.35. The van der Waals surface area contributed by atoms with Crippen molar-refractivity contribution >= 4 is 29.1 Å². The van der Waals surface area contributed by atoms with E-state index >= 15 is 0 Å². The first-order chi connectivity index (χ1) is 21.8. The second-order valence-corrected chi connectivity index (χ2v) is 12.3. The monoisotopic (exact) mass is 654 g/mol. The number of nitro benzene ring substituents is 2. The Morgan fingerprint density at radius 2 is 1.55 bits per heavy atom. The first-order valence-corrected chi connectivity index (χ1v) is 14.1. The van der Waals surface area contributed by atoms with Gasteiger partial charge in [0.05, 0.1) is 55.2 Å². The molecular weight excluding hydrogens is 628 g/mol. The van der Waals surface area contributed by atoms with E-state index in [2.05, 4.69) is 0 Å². The number of aliphatic hydroxyl groups is 1. The highest BCUT2D eigenvalue weighted by Gasteiger charge is 2.67. The SMILES string of the molecule is CC1=C2C(=C[C@@](C)(COC(=O)C3C=C([N+](=O)[O-])C=C([N+](=O)[O-])C3)[C@@H]2OC(=O)c2cc([N+](=O)[O-])cc([N+](=O)[O-])c2)C(=O)[C@](C)(O)C12CC2. The fourth-order valence-corrected chi connectivity index (χ4v) is 6.53. The molecule has 0 amide bonds. The van der Waals surface area contributed by atoms with E-state index in [0.717, 1.165) is 24.3 Å². The molecule has 1 saturated carbocycles. The van der Waals surface area contributed by atoms with Crippen molar-refractivity contribution in [2.75, 3.05) is 6.61 Å². The lowest BCUT2D eigenvalue weighted by Crippen LogP contribution is -2.50. The molecule has 5 rings (SSSR count). The molecule has 4 aliphatic carbocycles. The number of nitro groups is 4. The van der Waals surface area contributed by atoms with Crippen LogP contribution in [0.3, 0.4) is 0 Å². The van der Waals surface area contributed by atoms with Gasteiger partial charge in [-0.1, -0.05) is 11.6 Å². The summed E-state index contributed by atoms with van der Waals surface area (Å²) < 4.78 is 11.3. The minimum atomic E-state index is -1.83. The number of non-ortho nitro benzene ring substituents is 2. The van der Waals surface area contributed by atoms with Crippen LogP contribution in [-0.2, 0) is 19.1 Å². The van der Waals surface area contributed by atoms with E-state index < -0.39 is 107 Å². The molecule has 4 aliphatic rings. The van der Waals surface area contributed by atoms with Crippen LogP contribution in [0.1, 0.15) is 50.4 Å². The zero-order chi connectivity index (χ0) is 34.8. The number of rotatable bonds is 9. The van der Waals surface area contributed by atoms with Gasteiger partial charge >= 0.3 is 11.9 Å². The molecule has 0 saturated heterocycles. The summed E-state index contributed by atoms with van der Waals surface area (Å²) in [5.41, 5.74) is -7.04. The second kappa shape index (κ2) is 11.0. The molecule has 1 N–H and O–H groups in total. The number of hydrogen-bond acceptors (Lipinski definition) is 14. The van der Waals surface area contributed by atoms with Gasteiger partial charge in [0.15, 0.2) is 5.78 Å². The summed E-state index contributed by atoms with van der Waals surface area (Å²) in [5.74, 6) is -4.45. The lowest BCUT2D eigenvalue weighted by molar-refractivity contribution is -0.439. The maximum Gasteiger partial charge on any atom is 0.339 e. The Labute approximate surface area is 263 Å². The average molecular weight is 655 g/mol. The summed E-state index contributed by atoms with van der Waals surface area (Å²) in [4.78, 5) is 82.2.